The van der Waals surface area contributed by atoms with Crippen LogP contribution in [-0.4, -0.2) is 22.5 Å². The number of amides is 1. The van der Waals surface area contributed by atoms with Crippen LogP contribution >= 0.6 is 0 Å². The van der Waals surface area contributed by atoms with Crippen LogP contribution < -0.4 is 15.8 Å². The van der Waals surface area contributed by atoms with Crippen LogP contribution in [0.4, 0.5) is 20.3 Å². The minimum absolute atomic E-state index is 0.144. The molecule has 1 aliphatic rings. The van der Waals surface area contributed by atoms with Crippen molar-refractivity contribution in [2.75, 3.05) is 11.1 Å². The topological polar surface area (TPSA) is 114 Å². The van der Waals surface area contributed by atoms with Gasteiger partial charge in [0.05, 0.1) is 17.9 Å². The van der Waals surface area contributed by atoms with Gasteiger partial charge in [-0.25, -0.2) is 9.97 Å². The summed E-state index contributed by atoms with van der Waals surface area (Å²) in [7, 11) is 0. The number of nitrogen functional groups attached to an aromatic ring is 1. The highest BCUT2D eigenvalue weighted by molar-refractivity contribution is 6.00. The van der Waals surface area contributed by atoms with Gasteiger partial charge in [0.1, 0.15) is 5.82 Å². The maximum absolute atomic E-state index is 12.5. The van der Waals surface area contributed by atoms with Gasteiger partial charge in [0.2, 0.25) is 11.8 Å². The number of halogens is 2. The zero-order chi connectivity index (χ0) is 22.1. The van der Waals surface area contributed by atoms with E-state index in [-0.39, 0.29) is 23.6 Å². The van der Waals surface area contributed by atoms with E-state index in [9.17, 15) is 13.6 Å². The number of carbonyl (C=O) groups is 1. The monoisotopic (exact) mass is 423 g/mol. The summed E-state index contributed by atoms with van der Waals surface area (Å²) in [4.78, 5) is 20.4. The third kappa shape index (κ3) is 4.23. The van der Waals surface area contributed by atoms with Crippen molar-refractivity contribution in [2.45, 2.75) is 26.4 Å². The summed E-state index contributed by atoms with van der Waals surface area (Å²) in [6.07, 6.45) is 4.20. The maximum atomic E-state index is 12.5. The number of aryl methyl sites for hydroxylation is 1. The first-order valence-electron chi connectivity index (χ1n) is 9.73. The van der Waals surface area contributed by atoms with Gasteiger partial charge in [-0.2, -0.15) is 14.0 Å². The van der Waals surface area contributed by atoms with Crippen LogP contribution in [0, 0.1) is 23.2 Å². The van der Waals surface area contributed by atoms with Crippen molar-refractivity contribution in [1.82, 2.24) is 9.97 Å². The molecule has 1 saturated carbocycles. The van der Waals surface area contributed by atoms with Gasteiger partial charge < -0.3 is 15.8 Å². The van der Waals surface area contributed by atoms with Crippen LogP contribution in [0.1, 0.15) is 18.9 Å². The van der Waals surface area contributed by atoms with Crippen LogP contribution in [0.5, 0.6) is 5.88 Å². The molecule has 0 saturated heterocycles. The summed E-state index contributed by atoms with van der Waals surface area (Å²) < 4.78 is 29.4. The van der Waals surface area contributed by atoms with Gasteiger partial charge in [-0.3, -0.25) is 4.79 Å². The number of aromatic nitrogens is 2. The van der Waals surface area contributed by atoms with Crippen LogP contribution in [0.2, 0.25) is 0 Å². The number of hydrogen-bond donors (Lipinski definition) is 2. The molecule has 1 aliphatic carbocycles. The second kappa shape index (κ2) is 8.14. The molecule has 9 heteroatoms. The molecule has 2 aromatic heterocycles. The molecule has 1 fully saturated rings. The number of nitrogens with two attached hydrogens (primary N) is 1. The first-order chi connectivity index (χ1) is 14.9. The number of hydrogen-bond acceptors (Lipinski definition) is 6. The van der Waals surface area contributed by atoms with Crippen molar-refractivity contribution in [2.24, 2.45) is 11.8 Å². The van der Waals surface area contributed by atoms with Gasteiger partial charge in [0.15, 0.2) is 0 Å². The predicted molar refractivity (Wildman–Crippen MR) is 111 cm³/mol. The summed E-state index contributed by atoms with van der Waals surface area (Å²) in [6.45, 7) is -1.04. The normalized spacial score (nSPS) is 17.4. The van der Waals surface area contributed by atoms with Gasteiger partial charge in [-0.15, -0.1) is 0 Å². The summed E-state index contributed by atoms with van der Waals surface area (Å²) >= 11 is 0. The molecule has 3 aromatic rings. The third-order valence-corrected chi connectivity index (χ3v) is 5.28. The Morgan fingerprint density at radius 2 is 2.13 bits per heavy atom. The fourth-order valence-corrected chi connectivity index (χ4v) is 3.54. The molecule has 31 heavy (non-hydrogen) atoms. The van der Waals surface area contributed by atoms with E-state index in [4.69, 9.17) is 11.0 Å². The number of benzene rings is 1. The predicted octanol–water partition coefficient (Wildman–Crippen LogP) is 4.14. The number of nitrogens with zero attached hydrogens (tertiary/aromatic N) is 3. The molecule has 0 unspecified atom stereocenters. The minimum atomic E-state index is -2.94. The van der Waals surface area contributed by atoms with Gasteiger partial charge in [0.25, 0.3) is 0 Å². The summed E-state index contributed by atoms with van der Waals surface area (Å²) in [5.41, 5.74) is 8.99. The molecule has 1 aromatic carbocycles. The van der Waals surface area contributed by atoms with E-state index in [1.54, 1.807) is 18.3 Å². The van der Waals surface area contributed by atoms with E-state index in [2.05, 4.69) is 26.1 Å². The maximum Gasteiger partial charge on any atom is 0.388 e. The number of pyridine rings is 2. The average Bonchev–Trinajstić information content (AvgIpc) is 3.53. The molecular formula is C22H19F2N5O2. The molecule has 2 atom stereocenters. The first-order valence-corrected chi connectivity index (χ1v) is 9.73. The van der Waals surface area contributed by atoms with E-state index in [1.807, 2.05) is 13.0 Å². The number of ether oxygens (including phenoxy) is 1. The van der Waals surface area contributed by atoms with Crippen molar-refractivity contribution in [3.8, 4) is 23.1 Å². The lowest BCUT2D eigenvalue weighted by molar-refractivity contribution is -0.117. The Kier molecular flexibility index (Phi) is 5.38. The van der Waals surface area contributed by atoms with Crippen molar-refractivity contribution in [1.29, 1.82) is 5.26 Å². The van der Waals surface area contributed by atoms with E-state index < -0.39 is 6.61 Å². The molecule has 0 aliphatic heterocycles. The summed E-state index contributed by atoms with van der Waals surface area (Å²) in [5.74, 6) is -0.540. The zero-order valence-corrected chi connectivity index (χ0v) is 16.6. The minimum Gasteiger partial charge on any atom is -0.417 e. The number of fused-ring (bicyclic) bond motifs is 1. The Morgan fingerprint density at radius 1 is 1.32 bits per heavy atom. The molecule has 0 spiro atoms. The Labute approximate surface area is 176 Å². The van der Waals surface area contributed by atoms with Crippen LogP contribution in [0.25, 0.3) is 21.9 Å². The smallest absolute Gasteiger partial charge is 0.388 e. The summed E-state index contributed by atoms with van der Waals surface area (Å²) in [5, 5.41) is 13.1. The van der Waals surface area contributed by atoms with Gasteiger partial charge in [-0.05, 0) is 47.6 Å². The average molecular weight is 423 g/mol. The van der Waals surface area contributed by atoms with E-state index in [1.165, 1.54) is 12.3 Å². The first kappa shape index (κ1) is 20.5. The quantitative estimate of drug-likeness (QED) is 0.576. The van der Waals surface area contributed by atoms with Crippen LogP contribution in [0.15, 0.2) is 36.7 Å². The zero-order valence-electron chi connectivity index (χ0n) is 16.6. The molecular weight excluding hydrogens is 404 g/mol. The highest BCUT2D eigenvalue weighted by Crippen LogP contribution is 2.39. The number of nitrogens with one attached hydrogen (secondary N) is 1. The number of nitriles is 1. The standard InChI is InChI=1S/C22H19F2N5O2/c1-2-11-7-20(31-22(23)24)28-9-16(11)12-3-13-6-19(27-10-17(13)18(26)5-12)29-21(30)15-4-14(15)8-25/h3,5-7,9-10,14-15,22H,2,4,26H2,1H3,(H,27,29,30)/t14-,15+/m0/s1. The molecule has 0 bridgehead atoms. The van der Waals surface area contributed by atoms with E-state index in [0.29, 0.717) is 29.7 Å². The lowest BCUT2D eigenvalue weighted by Gasteiger charge is -2.13. The Morgan fingerprint density at radius 3 is 2.81 bits per heavy atom. The van der Waals surface area contributed by atoms with E-state index >= 15 is 0 Å². The Hall–Kier alpha value is -3.80. The molecule has 0 radical (unpaired) electrons. The van der Waals surface area contributed by atoms with Gasteiger partial charge >= 0.3 is 6.61 Å². The molecule has 3 N–H and O–H groups in total. The Balaban J connectivity index is 1.68. The SMILES string of the molecule is CCc1cc(OC(F)F)ncc1-c1cc(N)c2cnc(NC(=O)[C@@H]3C[C@H]3C#N)cc2c1. The van der Waals surface area contributed by atoms with Crippen LogP contribution in [0.3, 0.4) is 0 Å². The largest absolute Gasteiger partial charge is 0.417 e. The molecule has 7 nitrogen and oxygen atoms in total. The number of alkyl halides is 2. The fraction of sp³-hybridized carbons (Fsp3) is 0.273. The number of carbonyl (C=O) groups excluding carboxylic acids is 1. The third-order valence-electron chi connectivity index (χ3n) is 5.28. The molecule has 4 rings (SSSR count). The summed E-state index contributed by atoms with van der Waals surface area (Å²) in [6, 6.07) is 8.94. The van der Waals surface area contributed by atoms with Gasteiger partial charge in [0, 0.05) is 35.1 Å². The van der Waals surface area contributed by atoms with E-state index in [0.717, 1.165) is 22.1 Å². The lowest BCUT2D eigenvalue weighted by atomic mass is 9.97. The molecule has 158 valence electrons. The highest BCUT2D eigenvalue weighted by Gasteiger charge is 2.43. The van der Waals surface area contributed by atoms with Crippen LogP contribution in [-0.2, 0) is 11.2 Å². The molecule has 2 heterocycles. The van der Waals surface area contributed by atoms with Crippen molar-refractivity contribution in [3.63, 3.8) is 0 Å². The van der Waals surface area contributed by atoms with Crippen molar-refractivity contribution < 1.29 is 18.3 Å². The van der Waals surface area contributed by atoms with Gasteiger partial charge in [-0.1, -0.05) is 6.92 Å². The second-order valence-corrected chi connectivity index (χ2v) is 7.33. The second-order valence-electron chi connectivity index (χ2n) is 7.33. The van der Waals surface area contributed by atoms with Crippen molar-refractivity contribution in [3.05, 3.63) is 42.2 Å². The molecule has 1 amide bonds. The lowest BCUT2D eigenvalue weighted by Crippen LogP contribution is -2.15. The van der Waals surface area contributed by atoms with Crippen molar-refractivity contribution >= 4 is 28.2 Å². The number of anilines is 2. The highest BCUT2D eigenvalue weighted by atomic mass is 19.3. The number of rotatable bonds is 6. The Bertz CT molecular complexity index is 1210. The fourth-order valence-electron chi connectivity index (χ4n) is 3.54.